The van der Waals surface area contributed by atoms with E-state index in [2.05, 4.69) is 25.0 Å². The molecule has 0 aliphatic rings. The van der Waals surface area contributed by atoms with Gasteiger partial charge in [-0.2, -0.15) is 0 Å². The Hall–Kier alpha value is -0.0800. The lowest BCUT2D eigenvalue weighted by molar-refractivity contribution is 1.26. The van der Waals surface area contributed by atoms with Crippen LogP contribution >= 0.6 is 11.8 Å². The SMILES string of the molecule is CSc1ccccc1[SH2+]. The Kier molecular flexibility index (Phi) is 2.49. The van der Waals surface area contributed by atoms with Crippen LogP contribution in [-0.4, -0.2) is 6.26 Å². The van der Waals surface area contributed by atoms with E-state index < -0.39 is 0 Å². The Morgan fingerprint density at radius 2 is 2.00 bits per heavy atom. The lowest BCUT2D eigenvalue weighted by atomic mass is 10.4. The Balaban J connectivity index is 3.01. The lowest BCUT2D eigenvalue weighted by Gasteiger charge is -1.91. The van der Waals surface area contributed by atoms with Crippen molar-refractivity contribution in [2.24, 2.45) is 0 Å². The average Bonchev–Trinajstić information content (AvgIpc) is 1.89. The standard InChI is InChI=1S/C7H8S2/c1-9-7-5-3-2-4-6(7)8/h2-5,8H,1H3/p+1. The molecule has 0 aliphatic carbocycles. The molecule has 0 unspecified atom stereocenters. The Morgan fingerprint density at radius 1 is 1.33 bits per heavy atom. The van der Waals surface area contributed by atoms with Crippen molar-refractivity contribution in [3.05, 3.63) is 24.3 Å². The zero-order valence-corrected chi connectivity index (χ0v) is 7.03. The lowest BCUT2D eigenvalue weighted by Crippen LogP contribution is -1.73. The topological polar surface area (TPSA) is 0 Å². The van der Waals surface area contributed by atoms with Crippen LogP contribution in [0.1, 0.15) is 0 Å². The van der Waals surface area contributed by atoms with E-state index in [1.807, 2.05) is 18.2 Å². The second kappa shape index (κ2) is 3.18. The zero-order chi connectivity index (χ0) is 6.69. The summed E-state index contributed by atoms with van der Waals surface area (Å²) in [4.78, 5) is 2.46. The fraction of sp³-hybridized carbons (Fsp3) is 0.143. The van der Waals surface area contributed by atoms with E-state index in [1.165, 1.54) is 9.79 Å². The molecule has 1 aromatic rings. The summed E-state index contributed by atoms with van der Waals surface area (Å²) < 4.78 is 0. The normalized spacial score (nSPS) is 9.56. The number of benzene rings is 1. The molecule has 2 heteroatoms. The van der Waals surface area contributed by atoms with E-state index >= 15 is 0 Å². The summed E-state index contributed by atoms with van der Waals surface area (Å²) in [6.07, 6.45) is 2.07. The van der Waals surface area contributed by atoms with Crippen molar-refractivity contribution in [2.75, 3.05) is 6.26 Å². The van der Waals surface area contributed by atoms with Crippen molar-refractivity contribution in [3.8, 4) is 0 Å². The van der Waals surface area contributed by atoms with Gasteiger partial charge in [-0.25, -0.2) is 0 Å². The first-order valence-corrected chi connectivity index (χ1v) is 4.41. The van der Waals surface area contributed by atoms with E-state index in [0.717, 1.165) is 0 Å². The summed E-state index contributed by atoms with van der Waals surface area (Å²) in [5.74, 6) is 0. The number of thioether (sulfide) groups is 1. The van der Waals surface area contributed by atoms with Crippen molar-refractivity contribution in [1.82, 2.24) is 0 Å². The van der Waals surface area contributed by atoms with E-state index in [1.54, 1.807) is 11.8 Å². The molecule has 1 aromatic carbocycles. The van der Waals surface area contributed by atoms with Crippen LogP contribution < -0.4 is 0 Å². The van der Waals surface area contributed by atoms with Crippen LogP contribution in [0.25, 0.3) is 0 Å². The van der Waals surface area contributed by atoms with Gasteiger partial charge in [0, 0.05) is 0 Å². The van der Waals surface area contributed by atoms with Gasteiger partial charge in [-0.1, -0.05) is 12.1 Å². The maximum atomic E-state index is 3.48. The van der Waals surface area contributed by atoms with Crippen LogP contribution in [0, 0.1) is 0 Å². The molecular weight excluding hydrogens is 148 g/mol. The zero-order valence-electron chi connectivity index (χ0n) is 5.22. The van der Waals surface area contributed by atoms with Crippen LogP contribution in [0.15, 0.2) is 34.1 Å². The smallest absolute Gasteiger partial charge is 0.124 e. The van der Waals surface area contributed by atoms with Crippen LogP contribution in [0.2, 0.25) is 0 Å². The summed E-state index contributed by atoms with van der Waals surface area (Å²) in [7, 11) is 0. The maximum Gasteiger partial charge on any atom is 0.163 e. The first-order valence-electron chi connectivity index (χ1n) is 2.69. The van der Waals surface area contributed by atoms with Gasteiger partial charge in [0.1, 0.15) is 0 Å². The second-order valence-corrected chi connectivity index (χ2v) is 3.09. The van der Waals surface area contributed by atoms with Crippen LogP contribution in [0.5, 0.6) is 0 Å². The summed E-state index contributed by atoms with van der Waals surface area (Å²) in [6.45, 7) is 0. The molecule has 0 saturated heterocycles. The minimum absolute atomic E-state index is 1.17. The van der Waals surface area contributed by atoms with Crippen molar-refractivity contribution in [2.45, 2.75) is 9.79 Å². The first kappa shape index (κ1) is 7.03. The molecule has 0 atom stereocenters. The quantitative estimate of drug-likeness (QED) is 0.442. The third kappa shape index (κ3) is 1.66. The van der Waals surface area contributed by atoms with Crippen LogP contribution in [-0.2, 0) is 12.6 Å². The molecule has 0 heterocycles. The maximum absolute atomic E-state index is 3.48. The van der Waals surface area contributed by atoms with Crippen molar-refractivity contribution < 1.29 is 0 Å². The molecule has 0 radical (unpaired) electrons. The summed E-state index contributed by atoms with van der Waals surface area (Å²) in [6, 6.07) is 8.19. The fourth-order valence-electron chi connectivity index (χ4n) is 0.645. The summed E-state index contributed by atoms with van der Waals surface area (Å²) in [5, 5.41) is 0. The molecule has 0 spiro atoms. The third-order valence-corrected chi connectivity index (χ3v) is 2.52. The molecule has 0 amide bonds. The molecule has 48 valence electrons. The van der Waals surface area contributed by atoms with Crippen LogP contribution in [0.4, 0.5) is 0 Å². The first-order chi connectivity index (χ1) is 4.34. The average molecular weight is 157 g/mol. The molecule has 0 bridgehead atoms. The Bertz CT molecular complexity index is 196. The summed E-state index contributed by atoms with van der Waals surface area (Å²) >= 11 is 5.23. The Labute approximate surface area is 65.1 Å². The predicted octanol–water partition coefficient (Wildman–Crippen LogP) is 1.78. The molecule has 0 aromatic heterocycles. The van der Waals surface area contributed by atoms with Gasteiger partial charge in [0.25, 0.3) is 0 Å². The van der Waals surface area contributed by atoms with Gasteiger partial charge in [-0.3, -0.25) is 0 Å². The number of hydrogen-bond acceptors (Lipinski definition) is 1. The predicted molar refractivity (Wildman–Crippen MR) is 46.6 cm³/mol. The number of rotatable bonds is 1. The minimum atomic E-state index is 1.17. The third-order valence-electron chi connectivity index (χ3n) is 1.11. The molecule has 0 fully saturated rings. The van der Waals surface area contributed by atoms with Gasteiger partial charge in [-0.15, -0.1) is 11.8 Å². The summed E-state index contributed by atoms with van der Waals surface area (Å²) in [5.41, 5.74) is 0. The van der Waals surface area contributed by atoms with Gasteiger partial charge in [0.15, 0.2) is 4.90 Å². The highest BCUT2D eigenvalue weighted by atomic mass is 32.2. The van der Waals surface area contributed by atoms with Gasteiger partial charge in [0.05, 0.1) is 4.90 Å². The highest BCUT2D eigenvalue weighted by Gasteiger charge is 1.97. The van der Waals surface area contributed by atoms with E-state index in [0.29, 0.717) is 0 Å². The molecular formula is C7H9S2+. The Morgan fingerprint density at radius 3 is 2.44 bits per heavy atom. The van der Waals surface area contributed by atoms with Crippen LogP contribution in [0.3, 0.4) is 0 Å². The highest BCUT2D eigenvalue weighted by Crippen LogP contribution is 2.18. The number of hydrogen-bond donors (Lipinski definition) is 0. The molecule has 0 N–H and O–H groups in total. The highest BCUT2D eigenvalue weighted by molar-refractivity contribution is 7.98. The minimum Gasteiger partial charge on any atom is -0.124 e. The van der Waals surface area contributed by atoms with E-state index in [4.69, 9.17) is 0 Å². The van der Waals surface area contributed by atoms with Crippen molar-refractivity contribution in [1.29, 1.82) is 0 Å². The van der Waals surface area contributed by atoms with E-state index in [9.17, 15) is 0 Å². The molecule has 0 aliphatic heterocycles. The van der Waals surface area contributed by atoms with Gasteiger partial charge in [0.2, 0.25) is 0 Å². The molecule has 9 heavy (non-hydrogen) atoms. The largest absolute Gasteiger partial charge is 0.163 e. The molecule has 0 nitrogen and oxygen atoms in total. The fourth-order valence-corrected chi connectivity index (χ4v) is 1.63. The van der Waals surface area contributed by atoms with Crippen molar-refractivity contribution in [3.63, 3.8) is 0 Å². The van der Waals surface area contributed by atoms with Gasteiger partial charge >= 0.3 is 0 Å². The molecule has 0 saturated carbocycles. The van der Waals surface area contributed by atoms with Crippen molar-refractivity contribution >= 4 is 24.4 Å². The van der Waals surface area contributed by atoms with E-state index in [-0.39, 0.29) is 0 Å². The molecule has 1 rings (SSSR count). The monoisotopic (exact) mass is 157 g/mol. The second-order valence-electron chi connectivity index (χ2n) is 1.70. The van der Waals surface area contributed by atoms with Gasteiger partial charge < -0.3 is 0 Å². The van der Waals surface area contributed by atoms with Gasteiger partial charge in [-0.05, 0) is 31.0 Å².